The van der Waals surface area contributed by atoms with Gasteiger partial charge in [-0.25, -0.2) is 0 Å². The maximum Gasteiger partial charge on any atom is 0.160 e. The molecule has 0 spiro atoms. The van der Waals surface area contributed by atoms with E-state index in [0.717, 1.165) is 93.1 Å². The maximum absolute atomic E-state index is 9.45. The second kappa shape index (κ2) is 30.3. The van der Waals surface area contributed by atoms with Crippen LogP contribution >= 0.6 is 0 Å². The molecule has 0 radical (unpaired) electrons. The number of hydrogen-bond acceptors (Lipinski definition) is 3. The quantitative estimate of drug-likeness (QED) is 0.135. The van der Waals surface area contributed by atoms with E-state index in [0.29, 0.717) is 94.5 Å². The summed E-state index contributed by atoms with van der Waals surface area (Å²) in [6.07, 6.45) is 1.58. The number of benzene rings is 22. The second-order valence-corrected chi connectivity index (χ2v) is 31.7. The molecule has 0 saturated carbocycles. The van der Waals surface area contributed by atoms with E-state index >= 15 is 0 Å². The number of aromatic nitrogens is 2. The van der Waals surface area contributed by atoms with Gasteiger partial charge in [-0.3, -0.25) is 0 Å². The summed E-state index contributed by atoms with van der Waals surface area (Å²) in [7, 11) is 2.03. The molecule has 5 aromatic heterocycles. The predicted octanol–water partition coefficient (Wildman–Crippen LogP) is 34.6. The van der Waals surface area contributed by atoms with Crippen molar-refractivity contribution in [2.45, 2.75) is 0 Å². The lowest BCUT2D eigenvalue weighted by atomic mass is 9.85. The van der Waals surface area contributed by atoms with Gasteiger partial charge in [0.2, 0.25) is 0 Å². The first-order valence-electron chi connectivity index (χ1n) is 53.9. The van der Waals surface area contributed by atoms with Gasteiger partial charge >= 0.3 is 0 Å². The highest BCUT2D eigenvalue weighted by molar-refractivity contribution is 6.29. The summed E-state index contributed by atoms with van der Waals surface area (Å²) in [6, 6.07) is 87.1. The Labute approximate surface area is 771 Å². The van der Waals surface area contributed by atoms with Crippen LogP contribution in [0.5, 0.6) is 0 Å². The first kappa shape index (κ1) is 53.2. The van der Waals surface area contributed by atoms with Crippen LogP contribution in [-0.2, 0) is 7.05 Å². The normalized spacial score (nSPS) is 14.4. The molecule has 27 aromatic rings. The van der Waals surface area contributed by atoms with Crippen LogP contribution in [0.1, 0.15) is 32.9 Å². The number of nitrogens with zero attached hydrogens (tertiary/aromatic N) is 2. The molecule has 128 heavy (non-hydrogen) atoms. The molecule has 27 rings (SSSR count). The van der Waals surface area contributed by atoms with E-state index in [-0.39, 0.29) is 143 Å². The van der Waals surface area contributed by atoms with Crippen LogP contribution in [0.4, 0.5) is 0 Å². The number of aryl methyl sites for hydroxylation is 1. The molecule has 0 bridgehead atoms. The Bertz CT molecular complexity index is 10400. The average molecular weight is 1660 g/mol. The highest BCUT2D eigenvalue weighted by Crippen LogP contribution is 2.53. The first-order valence-corrected chi connectivity index (χ1v) is 41.9. The average Bonchev–Trinajstić information content (AvgIpc) is 1.07. The zero-order valence-corrected chi connectivity index (χ0v) is 68.1. The van der Waals surface area contributed by atoms with Crippen LogP contribution in [0, 0.1) is 0 Å². The van der Waals surface area contributed by atoms with E-state index < -0.39 is 72.5 Å². The zero-order chi connectivity index (χ0) is 105. The lowest BCUT2D eigenvalue weighted by molar-refractivity contribution is 0.617. The van der Waals surface area contributed by atoms with Crippen molar-refractivity contribution in [2.75, 3.05) is 0 Å². The van der Waals surface area contributed by atoms with Gasteiger partial charge in [-0.1, -0.05) is 382 Å². The van der Waals surface area contributed by atoms with Crippen molar-refractivity contribution in [3.05, 3.63) is 455 Å². The van der Waals surface area contributed by atoms with Gasteiger partial charge in [-0.2, -0.15) is 0 Å². The molecular formula is C123H78N2O3. The summed E-state index contributed by atoms with van der Waals surface area (Å²) < 4.78 is 240. The minimum absolute atomic E-state index is 0.161. The van der Waals surface area contributed by atoms with Gasteiger partial charge in [0.15, 0.2) is 5.58 Å². The van der Waals surface area contributed by atoms with Crippen molar-refractivity contribution < 1.29 is 46.1 Å². The molecule has 0 atom stereocenters. The third-order valence-electron chi connectivity index (χ3n) is 24.8. The molecule has 598 valence electrons. The molecule has 0 amide bonds. The van der Waals surface area contributed by atoms with Gasteiger partial charge in [-0.15, -0.1) is 0 Å². The van der Waals surface area contributed by atoms with E-state index in [1.54, 1.807) is 85.1 Å². The molecule has 5 nitrogen and oxygen atoms in total. The van der Waals surface area contributed by atoms with Gasteiger partial charge in [0, 0.05) is 77.7 Å². The fraction of sp³-hybridized carbons (Fsp3) is 0.00813. The highest BCUT2D eigenvalue weighted by atomic mass is 16.3. The van der Waals surface area contributed by atoms with Crippen molar-refractivity contribution in [2.24, 2.45) is 7.05 Å². The Morgan fingerprint density at radius 2 is 0.586 bits per heavy atom. The van der Waals surface area contributed by atoms with Gasteiger partial charge in [-0.05, 0) is 204 Å². The summed E-state index contributed by atoms with van der Waals surface area (Å²) in [6.45, 7) is 0. The van der Waals surface area contributed by atoms with Crippen molar-refractivity contribution in [1.82, 2.24) is 9.13 Å². The summed E-state index contributed by atoms with van der Waals surface area (Å²) in [5.74, 6) is 0. The van der Waals surface area contributed by atoms with E-state index in [1.807, 2.05) is 189 Å². The van der Waals surface area contributed by atoms with Crippen molar-refractivity contribution >= 4 is 163 Å². The van der Waals surface area contributed by atoms with Crippen LogP contribution in [0.2, 0.25) is 0 Å². The van der Waals surface area contributed by atoms with Gasteiger partial charge in [0.1, 0.15) is 22.3 Å². The summed E-state index contributed by atoms with van der Waals surface area (Å²) >= 11 is 0. The van der Waals surface area contributed by atoms with Crippen LogP contribution in [0.15, 0.2) is 468 Å². The number of furan rings is 3. The Kier molecular flexibility index (Phi) is 12.6. The zero-order valence-electron chi connectivity index (χ0n) is 92.1. The molecule has 0 fully saturated rings. The van der Waals surface area contributed by atoms with Crippen LogP contribution in [0.3, 0.4) is 0 Å². The van der Waals surface area contributed by atoms with E-state index in [1.165, 1.54) is 0 Å². The molecule has 5 heteroatoms. The van der Waals surface area contributed by atoms with Crippen molar-refractivity contribution in [1.29, 1.82) is 0 Å². The Morgan fingerprint density at radius 3 is 1.06 bits per heavy atom. The Morgan fingerprint density at radius 1 is 0.227 bits per heavy atom. The summed E-state index contributed by atoms with van der Waals surface area (Å²) in [5.41, 5.74) is 16.1. The van der Waals surface area contributed by atoms with Crippen LogP contribution in [-0.4, -0.2) is 9.13 Å². The summed E-state index contributed by atoms with van der Waals surface area (Å²) in [5, 5.41) is 10.2. The second-order valence-electron chi connectivity index (χ2n) is 31.7. The predicted molar refractivity (Wildman–Crippen MR) is 541 cm³/mol. The third-order valence-corrected chi connectivity index (χ3v) is 24.8. The minimum Gasteiger partial charge on any atom is -0.464 e. The molecule has 0 unspecified atom stereocenters. The summed E-state index contributed by atoms with van der Waals surface area (Å²) in [4.78, 5) is 0. The van der Waals surface area contributed by atoms with E-state index in [4.69, 9.17) is 35.2 Å². The molecule has 5 heterocycles. The van der Waals surface area contributed by atoms with E-state index in [9.17, 15) is 11.0 Å². The largest absolute Gasteiger partial charge is 0.464 e. The van der Waals surface area contributed by atoms with Crippen molar-refractivity contribution in [3.63, 3.8) is 0 Å². The fourth-order valence-electron chi connectivity index (χ4n) is 19.5. The topological polar surface area (TPSA) is 49.3 Å². The van der Waals surface area contributed by atoms with Gasteiger partial charge < -0.3 is 22.4 Å². The molecule has 0 aliphatic heterocycles. The number of hydrogen-bond donors (Lipinski definition) is 0. The van der Waals surface area contributed by atoms with Crippen LogP contribution in [0.25, 0.3) is 258 Å². The number of fused-ring (bicyclic) bond motifs is 19. The number of para-hydroxylation sites is 6. The molecule has 0 N–H and O–H groups in total. The molecule has 0 saturated heterocycles. The monoisotopic (exact) mass is 1650 g/mol. The smallest absolute Gasteiger partial charge is 0.160 e. The van der Waals surface area contributed by atoms with Gasteiger partial charge in [0.05, 0.1) is 61.4 Å². The van der Waals surface area contributed by atoms with Crippen LogP contribution < -0.4 is 0 Å². The van der Waals surface area contributed by atoms with Crippen molar-refractivity contribution in [3.8, 4) is 94.7 Å². The van der Waals surface area contributed by atoms with Gasteiger partial charge in [0.25, 0.3) is 0 Å². The lowest BCUT2D eigenvalue weighted by Crippen LogP contribution is -1.96. The van der Waals surface area contributed by atoms with E-state index in [2.05, 4.69) is 51.6 Å². The molecular weight excluding hydrogens is 1550 g/mol. The maximum atomic E-state index is 9.45. The number of rotatable bonds is 9. The molecule has 22 aromatic carbocycles. The SMILES string of the molecule is [2H]c1c([2H])c([2H])c2c(-c3cc(-c4cccc5c6ccccc6n(C)c45)c4oc5ccccc5c4c3)c3c([2H])c([2H])c([2H])c([2H])c3c(-c3ccccc3)c2c1[2H].[2H]c1c([2H])c([2H])c2c(-c3cc(-c4ccccc4)c4occc4c3)c3c([2H])c([2H])c([2H])c([2H])c3c(-c3ccccc3)c2c1[2H].[2H]c1c([2H])c([2H])c2c(-c3ccc(-n4c5ccccc5c5ccccc54)c4oc5ccccc5c34)c3c([2H])c([2H])c([2H])c([2H])c3c(-c3ccccc3)c2c1[2H]. The third kappa shape index (κ3) is 11.8. The lowest BCUT2D eigenvalue weighted by Gasteiger charge is -2.19. The Hall–Kier alpha value is -16.9. The fourth-order valence-corrected chi connectivity index (χ4v) is 19.5. The Balaban J connectivity index is 0.000000119. The standard InChI is InChI=1S/C45H29NO.C44H27NO.C34H22O/c1-46-40-24-11-9-16-30(40)36-22-13-23-37(44(36)46)39-27-29(26-38-31-17-10-12-25-41(31)47-45(38)39)43-34-20-7-5-18-32(34)42(28-14-3-2-4-15-28)33-19-6-8-21-35(33)43;1-2-14-28(15-3-1)41-31-18-4-6-20-33(31)42(34-21-7-5-19-32(34)41)36-26-27-39(44-43(36)35-22-10-13-25-40(35)46-44)45-37-23-11-8-16-29(37)30-17-9-12-24-38(30)45;1-3-11-23(12-4-1)31-22-26(21-25-19-20-35-34(25)31)33-29-17-9-7-15-27(29)32(24-13-5-2-6-14-24)28-16-8-10-18-30(28)33/h2-27H,1H3;1-27H;1-22H/i5D,6D,7D,8D,18D,19D,20D,21D;4D,5D,6D,7D,18D,19D,20D,21D;7D,8D,9D,10D,15D,16D,17D,18D. The molecule has 0 aliphatic carbocycles. The first-order chi connectivity index (χ1) is 73.5. The molecule has 0 aliphatic rings. The minimum atomic E-state index is -0.442. The highest BCUT2D eigenvalue weighted by Gasteiger charge is 2.28.